The molecule has 0 fully saturated rings. The Hall–Kier alpha value is -1.85. The van der Waals surface area contributed by atoms with Crippen LogP contribution in [0.25, 0.3) is 0 Å². The second-order valence-electron chi connectivity index (χ2n) is 4.96. The molecule has 0 aromatic heterocycles. The van der Waals surface area contributed by atoms with Crippen LogP contribution in [0.4, 0.5) is 16.2 Å². The summed E-state index contributed by atoms with van der Waals surface area (Å²) in [6, 6.07) is 13.2. The first kappa shape index (κ1) is 18.5. The fourth-order valence-corrected chi connectivity index (χ4v) is 3.47. The zero-order valence-electron chi connectivity index (χ0n) is 13.0. The van der Waals surface area contributed by atoms with Crippen molar-refractivity contribution in [1.82, 2.24) is 0 Å². The molecule has 1 unspecified atom stereocenters. The van der Waals surface area contributed by atoms with Gasteiger partial charge in [0.2, 0.25) is 0 Å². The molecule has 0 saturated heterocycles. The molecular weight excluding hydrogens is 351 g/mol. The minimum Gasteiger partial charge on any atom is -0.324 e. The molecule has 0 heterocycles. The third-order valence-corrected chi connectivity index (χ3v) is 4.69. The van der Waals surface area contributed by atoms with Gasteiger partial charge in [-0.1, -0.05) is 29.8 Å². The SMILES string of the molecule is CCOP(=O)(O)Cc1cc(Cl)ccc1NC(=O)Nc1ccccc1. The van der Waals surface area contributed by atoms with Crippen LogP contribution in [0, 0.1) is 0 Å². The van der Waals surface area contributed by atoms with Crippen molar-refractivity contribution in [3.05, 3.63) is 59.1 Å². The molecular formula is C16H18ClN2O4P. The Morgan fingerprint density at radius 3 is 2.58 bits per heavy atom. The molecule has 3 N–H and O–H groups in total. The highest BCUT2D eigenvalue weighted by atomic mass is 35.5. The molecule has 8 heteroatoms. The molecule has 2 rings (SSSR count). The molecule has 24 heavy (non-hydrogen) atoms. The van der Waals surface area contributed by atoms with Gasteiger partial charge < -0.3 is 20.1 Å². The quantitative estimate of drug-likeness (QED) is 0.644. The van der Waals surface area contributed by atoms with E-state index in [2.05, 4.69) is 10.6 Å². The highest BCUT2D eigenvalue weighted by Crippen LogP contribution is 2.47. The van der Waals surface area contributed by atoms with E-state index in [-0.39, 0.29) is 12.8 Å². The molecule has 2 aromatic rings. The number of nitrogens with one attached hydrogen (secondary N) is 2. The predicted molar refractivity (Wildman–Crippen MR) is 95.7 cm³/mol. The van der Waals surface area contributed by atoms with Gasteiger partial charge in [-0.25, -0.2) is 4.79 Å². The summed E-state index contributed by atoms with van der Waals surface area (Å²) in [4.78, 5) is 21.9. The van der Waals surface area contributed by atoms with Gasteiger partial charge in [0.05, 0.1) is 12.8 Å². The summed E-state index contributed by atoms with van der Waals surface area (Å²) in [5.74, 6) is 0. The number of amides is 2. The van der Waals surface area contributed by atoms with Crippen LogP contribution in [-0.2, 0) is 15.3 Å². The van der Waals surface area contributed by atoms with E-state index >= 15 is 0 Å². The Kier molecular flexibility index (Phi) is 6.40. The number of hydrogen-bond donors (Lipinski definition) is 3. The van der Waals surface area contributed by atoms with E-state index < -0.39 is 13.6 Å². The van der Waals surface area contributed by atoms with E-state index in [9.17, 15) is 14.3 Å². The summed E-state index contributed by atoms with van der Waals surface area (Å²) in [5, 5.41) is 5.73. The smallest absolute Gasteiger partial charge is 0.324 e. The van der Waals surface area contributed by atoms with Crippen LogP contribution >= 0.6 is 19.2 Å². The average molecular weight is 369 g/mol. The number of urea groups is 1. The Morgan fingerprint density at radius 1 is 1.21 bits per heavy atom. The third-order valence-electron chi connectivity index (χ3n) is 3.05. The molecule has 0 saturated carbocycles. The Bertz CT molecular complexity index is 755. The minimum atomic E-state index is -3.80. The van der Waals surface area contributed by atoms with Crippen LogP contribution in [0.15, 0.2) is 48.5 Å². The molecule has 2 aromatic carbocycles. The molecule has 0 spiro atoms. The molecule has 6 nitrogen and oxygen atoms in total. The van der Waals surface area contributed by atoms with Crippen LogP contribution in [0.3, 0.4) is 0 Å². The molecule has 2 amide bonds. The summed E-state index contributed by atoms with van der Waals surface area (Å²) >= 11 is 5.95. The van der Waals surface area contributed by atoms with E-state index in [1.807, 2.05) is 6.07 Å². The summed E-state index contributed by atoms with van der Waals surface area (Å²) in [6.07, 6.45) is -0.248. The molecule has 0 bridgehead atoms. The number of halogens is 1. The van der Waals surface area contributed by atoms with Crippen molar-refractivity contribution in [3.8, 4) is 0 Å². The number of benzene rings is 2. The van der Waals surface area contributed by atoms with Crippen LogP contribution in [-0.4, -0.2) is 17.5 Å². The van der Waals surface area contributed by atoms with Gasteiger partial charge in [0, 0.05) is 16.4 Å². The first-order chi connectivity index (χ1) is 11.4. The molecule has 1 atom stereocenters. The molecule has 128 valence electrons. The van der Waals surface area contributed by atoms with Crippen molar-refractivity contribution >= 4 is 36.6 Å². The molecule has 0 aliphatic rings. The minimum absolute atomic E-state index is 0.117. The van der Waals surface area contributed by atoms with Crippen LogP contribution in [0.5, 0.6) is 0 Å². The Labute approximate surface area is 145 Å². The zero-order chi connectivity index (χ0) is 17.6. The van der Waals surface area contributed by atoms with Gasteiger partial charge in [-0.05, 0) is 42.8 Å². The third kappa shape index (κ3) is 5.65. The van der Waals surface area contributed by atoms with Gasteiger partial charge >= 0.3 is 13.6 Å². The summed E-state index contributed by atoms with van der Waals surface area (Å²) in [6.45, 7) is 1.75. The predicted octanol–water partition coefficient (Wildman–Crippen LogP) is 4.71. The fourth-order valence-electron chi connectivity index (χ4n) is 2.08. The van der Waals surface area contributed by atoms with Gasteiger partial charge in [-0.3, -0.25) is 4.57 Å². The van der Waals surface area contributed by atoms with Gasteiger partial charge in [0.1, 0.15) is 0 Å². The van der Waals surface area contributed by atoms with Crippen LogP contribution in [0.1, 0.15) is 12.5 Å². The van der Waals surface area contributed by atoms with Gasteiger partial charge in [0.15, 0.2) is 0 Å². The van der Waals surface area contributed by atoms with Crippen molar-refractivity contribution < 1.29 is 18.8 Å². The summed E-state index contributed by atoms with van der Waals surface area (Å²) in [5.41, 5.74) is 1.44. The van der Waals surface area contributed by atoms with Crippen molar-refractivity contribution in [2.45, 2.75) is 13.1 Å². The van der Waals surface area contributed by atoms with E-state index in [0.29, 0.717) is 22.0 Å². The zero-order valence-corrected chi connectivity index (χ0v) is 14.7. The van der Waals surface area contributed by atoms with Crippen LogP contribution < -0.4 is 10.6 Å². The number of para-hydroxylation sites is 1. The van der Waals surface area contributed by atoms with Gasteiger partial charge in [-0.2, -0.15) is 0 Å². The number of hydrogen-bond acceptors (Lipinski definition) is 3. The normalized spacial score (nSPS) is 13.1. The monoisotopic (exact) mass is 368 g/mol. The summed E-state index contributed by atoms with van der Waals surface area (Å²) < 4.78 is 16.9. The topological polar surface area (TPSA) is 87.7 Å². The lowest BCUT2D eigenvalue weighted by molar-refractivity contribution is 0.262. The first-order valence-electron chi connectivity index (χ1n) is 7.27. The Morgan fingerprint density at radius 2 is 1.92 bits per heavy atom. The van der Waals surface area contributed by atoms with Gasteiger partial charge in [0.25, 0.3) is 0 Å². The molecule has 0 radical (unpaired) electrons. The Balaban J connectivity index is 2.15. The van der Waals surface area contributed by atoms with E-state index in [4.69, 9.17) is 16.1 Å². The maximum Gasteiger partial charge on any atom is 0.332 e. The number of carbonyl (C=O) groups is 1. The highest BCUT2D eigenvalue weighted by molar-refractivity contribution is 7.51. The summed E-state index contributed by atoms with van der Waals surface area (Å²) in [7, 11) is -3.80. The van der Waals surface area contributed by atoms with Crippen molar-refractivity contribution in [2.75, 3.05) is 17.2 Å². The lowest BCUT2D eigenvalue weighted by Gasteiger charge is -2.15. The molecule has 0 aliphatic heterocycles. The highest BCUT2D eigenvalue weighted by Gasteiger charge is 2.22. The van der Waals surface area contributed by atoms with Gasteiger partial charge in [-0.15, -0.1) is 0 Å². The fraction of sp³-hybridized carbons (Fsp3) is 0.188. The first-order valence-corrected chi connectivity index (χ1v) is 9.41. The van der Waals surface area contributed by atoms with E-state index in [0.717, 1.165) is 0 Å². The average Bonchev–Trinajstić information content (AvgIpc) is 2.50. The lowest BCUT2D eigenvalue weighted by Crippen LogP contribution is -2.20. The maximum atomic E-state index is 12.1. The second-order valence-corrected chi connectivity index (χ2v) is 7.25. The standard InChI is InChI=1S/C16H18ClN2O4P/c1-2-23-24(21,22)11-12-10-13(17)8-9-15(12)19-16(20)18-14-6-4-3-5-7-14/h3-10H,2,11H2,1H3,(H,21,22)(H2,18,19,20). The van der Waals surface area contributed by atoms with E-state index in [1.165, 1.54) is 6.07 Å². The van der Waals surface area contributed by atoms with Crippen molar-refractivity contribution in [3.63, 3.8) is 0 Å². The maximum absolute atomic E-state index is 12.1. The number of anilines is 2. The van der Waals surface area contributed by atoms with Crippen molar-refractivity contribution in [1.29, 1.82) is 0 Å². The second kappa shape index (κ2) is 8.31. The molecule has 0 aliphatic carbocycles. The number of carbonyl (C=O) groups excluding carboxylic acids is 1. The van der Waals surface area contributed by atoms with E-state index in [1.54, 1.807) is 43.3 Å². The van der Waals surface area contributed by atoms with Crippen LogP contribution in [0.2, 0.25) is 5.02 Å². The van der Waals surface area contributed by atoms with Crippen molar-refractivity contribution in [2.24, 2.45) is 0 Å². The largest absolute Gasteiger partial charge is 0.332 e. The lowest BCUT2D eigenvalue weighted by atomic mass is 10.2. The number of rotatable bonds is 6.